The van der Waals surface area contributed by atoms with Gasteiger partial charge in [-0.2, -0.15) is 0 Å². The van der Waals surface area contributed by atoms with Crippen LogP contribution in [0.25, 0.3) is 0 Å². The molecular formula is C17H22N2O2. The first-order chi connectivity index (χ1) is 10.2. The summed E-state index contributed by atoms with van der Waals surface area (Å²) in [4.78, 5) is 11.8. The van der Waals surface area contributed by atoms with Crippen LogP contribution in [0, 0.1) is 0 Å². The summed E-state index contributed by atoms with van der Waals surface area (Å²) in [6.07, 6.45) is 6.18. The Morgan fingerprint density at radius 3 is 2.81 bits per heavy atom. The molecule has 4 nitrogen and oxygen atoms in total. The Morgan fingerprint density at radius 2 is 2.10 bits per heavy atom. The molecule has 2 rings (SSSR count). The molecule has 0 atom stereocenters. The van der Waals surface area contributed by atoms with Gasteiger partial charge >= 0.3 is 0 Å². The minimum atomic E-state index is 0.0914. The van der Waals surface area contributed by atoms with E-state index in [4.69, 9.17) is 4.74 Å². The number of nitrogens with zero attached hydrogens (tertiary/aromatic N) is 1. The van der Waals surface area contributed by atoms with E-state index in [2.05, 4.69) is 17.6 Å². The van der Waals surface area contributed by atoms with Gasteiger partial charge in [0, 0.05) is 32.4 Å². The first kappa shape index (κ1) is 15.2. The van der Waals surface area contributed by atoms with Gasteiger partial charge in [-0.05, 0) is 42.2 Å². The molecule has 1 aromatic carbocycles. The van der Waals surface area contributed by atoms with Crippen molar-refractivity contribution in [3.8, 4) is 5.75 Å². The number of carbonyl (C=O) groups excluding carboxylic acids is 1. The van der Waals surface area contributed by atoms with Crippen LogP contribution in [0.1, 0.15) is 17.5 Å². The van der Waals surface area contributed by atoms with Gasteiger partial charge in [-0.25, -0.2) is 0 Å². The molecule has 1 N–H and O–H groups in total. The number of nitrogens with one attached hydrogen (secondary N) is 1. The fraction of sp³-hybridized carbons (Fsp3) is 0.353. The summed E-state index contributed by atoms with van der Waals surface area (Å²) in [6, 6.07) is 9.91. The third kappa shape index (κ3) is 4.99. The molecule has 0 aliphatic carbocycles. The van der Waals surface area contributed by atoms with Gasteiger partial charge in [0.15, 0.2) is 0 Å². The average molecular weight is 286 g/mol. The Hall–Kier alpha value is -2.23. The molecule has 2 aromatic rings. The smallest absolute Gasteiger partial charge is 0.220 e. The summed E-state index contributed by atoms with van der Waals surface area (Å²) in [7, 11) is 3.64. The van der Waals surface area contributed by atoms with Gasteiger partial charge in [0.2, 0.25) is 5.91 Å². The number of ether oxygens (including phenoxy) is 1. The summed E-state index contributed by atoms with van der Waals surface area (Å²) in [5.74, 6) is 0.922. The van der Waals surface area contributed by atoms with Crippen molar-refractivity contribution in [2.24, 2.45) is 7.05 Å². The lowest BCUT2D eigenvalue weighted by molar-refractivity contribution is -0.121. The van der Waals surface area contributed by atoms with Crippen LogP contribution in [0.15, 0.2) is 42.7 Å². The standard InChI is InChI=1S/C17H22N2O2/c1-19-11-9-15(13-19)8-10-18-17(20)7-6-14-4-3-5-16(12-14)21-2/h3-5,9,11-13H,6-8,10H2,1-2H3,(H,18,20). The lowest BCUT2D eigenvalue weighted by atomic mass is 10.1. The molecule has 0 aliphatic rings. The van der Waals surface area contributed by atoms with Crippen molar-refractivity contribution in [1.29, 1.82) is 0 Å². The SMILES string of the molecule is COc1cccc(CCC(=O)NCCc2ccn(C)c2)c1. The minimum Gasteiger partial charge on any atom is -0.497 e. The molecule has 112 valence electrons. The zero-order valence-electron chi connectivity index (χ0n) is 12.6. The molecular weight excluding hydrogens is 264 g/mol. The van der Waals surface area contributed by atoms with Gasteiger partial charge in [0.25, 0.3) is 0 Å². The quantitative estimate of drug-likeness (QED) is 0.849. The minimum absolute atomic E-state index is 0.0914. The van der Waals surface area contributed by atoms with E-state index in [1.54, 1.807) is 7.11 Å². The van der Waals surface area contributed by atoms with Crippen molar-refractivity contribution in [1.82, 2.24) is 9.88 Å². The van der Waals surface area contributed by atoms with E-state index in [0.717, 1.165) is 24.2 Å². The normalized spacial score (nSPS) is 10.4. The summed E-state index contributed by atoms with van der Waals surface area (Å²) >= 11 is 0. The highest BCUT2D eigenvalue weighted by Crippen LogP contribution is 2.13. The van der Waals surface area contributed by atoms with Crippen molar-refractivity contribution < 1.29 is 9.53 Å². The second-order valence-electron chi connectivity index (χ2n) is 5.14. The number of rotatable bonds is 7. The molecule has 1 heterocycles. The molecule has 0 aliphatic heterocycles. The van der Waals surface area contributed by atoms with Crippen LogP contribution in [-0.4, -0.2) is 24.1 Å². The molecule has 0 saturated carbocycles. The van der Waals surface area contributed by atoms with Gasteiger partial charge < -0.3 is 14.6 Å². The Balaban J connectivity index is 1.69. The number of benzene rings is 1. The molecule has 4 heteroatoms. The topological polar surface area (TPSA) is 43.3 Å². The van der Waals surface area contributed by atoms with Gasteiger partial charge in [-0.3, -0.25) is 4.79 Å². The third-order valence-electron chi connectivity index (χ3n) is 3.40. The summed E-state index contributed by atoms with van der Waals surface area (Å²) in [5.41, 5.74) is 2.36. The fourth-order valence-corrected chi connectivity index (χ4v) is 2.23. The fourth-order valence-electron chi connectivity index (χ4n) is 2.23. The highest BCUT2D eigenvalue weighted by atomic mass is 16.5. The van der Waals surface area contributed by atoms with Crippen molar-refractivity contribution >= 4 is 5.91 Å². The number of carbonyl (C=O) groups is 1. The lowest BCUT2D eigenvalue weighted by Crippen LogP contribution is -2.25. The molecule has 1 aromatic heterocycles. The van der Waals surface area contributed by atoms with E-state index in [0.29, 0.717) is 13.0 Å². The zero-order chi connectivity index (χ0) is 15.1. The molecule has 0 spiro atoms. The van der Waals surface area contributed by atoms with Crippen LogP contribution in [0.3, 0.4) is 0 Å². The van der Waals surface area contributed by atoms with Crippen molar-refractivity contribution in [3.63, 3.8) is 0 Å². The molecule has 1 amide bonds. The second-order valence-corrected chi connectivity index (χ2v) is 5.14. The first-order valence-electron chi connectivity index (χ1n) is 7.18. The summed E-state index contributed by atoms with van der Waals surface area (Å²) in [6.45, 7) is 0.682. The molecule has 0 unspecified atom stereocenters. The van der Waals surface area contributed by atoms with E-state index >= 15 is 0 Å². The predicted molar refractivity (Wildman–Crippen MR) is 83.4 cm³/mol. The van der Waals surface area contributed by atoms with E-state index in [-0.39, 0.29) is 5.91 Å². The number of hydrogen-bond donors (Lipinski definition) is 1. The van der Waals surface area contributed by atoms with Gasteiger partial charge in [0.05, 0.1) is 7.11 Å². The highest BCUT2D eigenvalue weighted by molar-refractivity contribution is 5.76. The highest BCUT2D eigenvalue weighted by Gasteiger charge is 2.03. The third-order valence-corrected chi connectivity index (χ3v) is 3.40. The van der Waals surface area contributed by atoms with E-state index in [1.807, 2.05) is 42.1 Å². The molecule has 21 heavy (non-hydrogen) atoms. The Morgan fingerprint density at radius 1 is 1.24 bits per heavy atom. The van der Waals surface area contributed by atoms with Crippen LogP contribution < -0.4 is 10.1 Å². The maximum Gasteiger partial charge on any atom is 0.220 e. The second kappa shape index (κ2) is 7.53. The van der Waals surface area contributed by atoms with Gasteiger partial charge in [-0.15, -0.1) is 0 Å². The number of aryl methyl sites for hydroxylation is 2. The van der Waals surface area contributed by atoms with Crippen LogP contribution >= 0.6 is 0 Å². The van der Waals surface area contributed by atoms with E-state index in [9.17, 15) is 4.79 Å². The molecule has 0 bridgehead atoms. The predicted octanol–water partition coefficient (Wildman–Crippen LogP) is 2.33. The lowest BCUT2D eigenvalue weighted by Gasteiger charge is -2.06. The Bertz CT molecular complexity index is 590. The van der Waals surface area contributed by atoms with E-state index < -0.39 is 0 Å². The summed E-state index contributed by atoms with van der Waals surface area (Å²) in [5, 5.41) is 2.96. The van der Waals surface area contributed by atoms with Crippen LogP contribution in [0.4, 0.5) is 0 Å². The Kier molecular flexibility index (Phi) is 5.43. The molecule has 0 radical (unpaired) electrons. The number of methoxy groups -OCH3 is 1. The maximum atomic E-state index is 11.8. The van der Waals surface area contributed by atoms with Gasteiger partial charge in [0.1, 0.15) is 5.75 Å². The van der Waals surface area contributed by atoms with Crippen LogP contribution in [-0.2, 0) is 24.7 Å². The molecule has 0 saturated heterocycles. The zero-order valence-corrected chi connectivity index (χ0v) is 12.6. The van der Waals surface area contributed by atoms with Crippen molar-refractivity contribution in [2.75, 3.05) is 13.7 Å². The number of hydrogen-bond acceptors (Lipinski definition) is 2. The number of aromatic nitrogens is 1. The van der Waals surface area contributed by atoms with Crippen LogP contribution in [0.5, 0.6) is 5.75 Å². The first-order valence-corrected chi connectivity index (χ1v) is 7.18. The monoisotopic (exact) mass is 286 g/mol. The van der Waals surface area contributed by atoms with Crippen molar-refractivity contribution in [3.05, 3.63) is 53.9 Å². The van der Waals surface area contributed by atoms with Crippen LogP contribution in [0.2, 0.25) is 0 Å². The average Bonchev–Trinajstić information content (AvgIpc) is 2.91. The largest absolute Gasteiger partial charge is 0.497 e. The van der Waals surface area contributed by atoms with Crippen molar-refractivity contribution in [2.45, 2.75) is 19.3 Å². The van der Waals surface area contributed by atoms with Gasteiger partial charge in [-0.1, -0.05) is 12.1 Å². The summed E-state index contributed by atoms with van der Waals surface area (Å²) < 4.78 is 7.19. The number of amides is 1. The molecule has 0 fully saturated rings. The Labute approximate surface area is 125 Å². The van der Waals surface area contributed by atoms with E-state index in [1.165, 1.54) is 5.56 Å². The maximum absolute atomic E-state index is 11.8.